The normalized spacial score (nSPS) is 18.2. The Balaban J connectivity index is 1.27. The zero-order chi connectivity index (χ0) is 31.0. The number of aryl methyl sites for hydroxylation is 1. The van der Waals surface area contributed by atoms with Crippen LogP contribution < -0.4 is 16.0 Å². The van der Waals surface area contributed by atoms with Gasteiger partial charge in [-0.15, -0.1) is 11.3 Å². The van der Waals surface area contributed by atoms with E-state index in [1.807, 2.05) is 42.5 Å². The highest BCUT2D eigenvalue weighted by molar-refractivity contribution is 7.13. The number of hydrogen-bond acceptors (Lipinski definition) is 9. The van der Waals surface area contributed by atoms with Gasteiger partial charge in [0.25, 0.3) is 11.8 Å². The first-order valence-corrected chi connectivity index (χ1v) is 16.0. The molecule has 4 bridgehead atoms. The molecule has 1 unspecified atom stereocenters. The van der Waals surface area contributed by atoms with Crippen molar-refractivity contribution in [2.45, 2.75) is 50.8 Å². The zero-order valence-electron chi connectivity index (χ0n) is 24.7. The minimum absolute atomic E-state index is 0.00908. The van der Waals surface area contributed by atoms with Crippen molar-refractivity contribution in [3.63, 3.8) is 0 Å². The molecule has 0 radical (unpaired) electrons. The summed E-state index contributed by atoms with van der Waals surface area (Å²) in [5.41, 5.74) is 3.22. The van der Waals surface area contributed by atoms with Crippen molar-refractivity contribution < 1.29 is 23.9 Å². The number of hydrogen-bond donors (Lipinski definition) is 3. The third-order valence-corrected chi connectivity index (χ3v) is 8.65. The SMILES string of the molecule is O=C1Nc2cn(C3CCOCC3)nc2C(=O)NC(CCOCc2ccccc2)C(=O)NCCCc2cc(ccn2)-c2nc1cs2. The molecule has 2 aliphatic heterocycles. The van der Waals surface area contributed by atoms with E-state index in [1.54, 1.807) is 22.5 Å². The molecule has 1 saturated heterocycles. The predicted octanol–water partition coefficient (Wildman–Crippen LogP) is 3.77. The van der Waals surface area contributed by atoms with E-state index in [-0.39, 0.29) is 42.1 Å². The van der Waals surface area contributed by atoms with Gasteiger partial charge in [0.1, 0.15) is 16.7 Å². The number of rotatable bonds is 6. The van der Waals surface area contributed by atoms with Crippen LogP contribution in [0.4, 0.5) is 5.69 Å². The summed E-state index contributed by atoms with van der Waals surface area (Å²) in [6, 6.07) is 12.7. The Morgan fingerprint density at radius 3 is 2.76 bits per heavy atom. The minimum Gasteiger partial charge on any atom is -0.381 e. The number of carbonyl (C=O) groups excluding carboxylic acids is 3. The fourth-order valence-corrected chi connectivity index (χ4v) is 6.09. The third-order valence-electron chi connectivity index (χ3n) is 7.75. The van der Waals surface area contributed by atoms with E-state index in [9.17, 15) is 14.4 Å². The highest BCUT2D eigenvalue weighted by Gasteiger charge is 2.28. The van der Waals surface area contributed by atoms with E-state index in [2.05, 4.69) is 31.0 Å². The number of nitrogens with zero attached hydrogens (tertiary/aromatic N) is 4. The first kappa shape index (κ1) is 30.6. The van der Waals surface area contributed by atoms with E-state index < -0.39 is 17.9 Å². The molecule has 234 valence electrons. The number of carbonyl (C=O) groups is 3. The molecule has 2 aliphatic rings. The second-order valence-corrected chi connectivity index (χ2v) is 11.8. The Hall–Kier alpha value is -4.46. The van der Waals surface area contributed by atoms with Crippen molar-refractivity contribution >= 4 is 34.7 Å². The molecule has 0 spiro atoms. The Morgan fingerprint density at radius 2 is 1.91 bits per heavy atom. The highest BCUT2D eigenvalue weighted by Crippen LogP contribution is 2.27. The van der Waals surface area contributed by atoms with Crippen LogP contribution in [-0.2, 0) is 27.3 Å². The van der Waals surface area contributed by atoms with Gasteiger partial charge in [-0.2, -0.15) is 5.10 Å². The Bertz CT molecular complexity index is 1630. The number of benzene rings is 1. The molecule has 1 atom stereocenters. The smallest absolute Gasteiger partial charge is 0.275 e. The standard InChI is InChI=1S/C32H35N7O5S/c40-29-25(11-16-44-19-21-5-2-1-3-6-21)35-31(42)28-26(18-39(38-28)24-9-14-43-15-10-24)36-30(41)27-20-45-32(37-27)22-8-13-33-23(17-22)7-4-12-34-29/h1-3,5-6,8,13,17-18,20,24-25H,4,7,9-12,14-16,19H2,(H,34,40)(H,35,42)(H,36,41). The molecule has 1 aromatic carbocycles. The van der Waals surface area contributed by atoms with Crippen molar-refractivity contribution in [1.29, 1.82) is 0 Å². The number of ether oxygens (including phenoxy) is 2. The topological polar surface area (TPSA) is 149 Å². The van der Waals surface area contributed by atoms with Crippen LogP contribution >= 0.6 is 11.3 Å². The molecular formula is C32H35N7O5S. The number of amides is 3. The average Bonchev–Trinajstić information content (AvgIpc) is 3.74. The van der Waals surface area contributed by atoms with Gasteiger partial charge in [0.2, 0.25) is 5.91 Å². The number of aromatic nitrogens is 4. The maximum absolute atomic E-state index is 13.7. The van der Waals surface area contributed by atoms with Crippen molar-refractivity contribution in [2.75, 3.05) is 31.7 Å². The van der Waals surface area contributed by atoms with Crippen LogP contribution in [0.2, 0.25) is 0 Å². The van der Waals surface area contributed by atoms with E-state index in [1.165, 1.54) is 11.3 Å². The molecule has 0 saturated carbocycles. The van der Waals surface area contributed by atoms with Crippen LogP contribution in [0.3, 0.4) is 0 Å². The Morgan fingerprint density at radius 1 is 1.07 bits per heavy atom. The quantitative estimate of drug-likeness (QED) is 0.273. The zero-order valence-corrected chi connectivity index (χ0v) is 25.6. The van der Waals surface area contributed by atoms with Crippen LogP contribution in [-0.4, -0.2) is 69.9 Å². The summed E-state index contributed by atoms with van der Waals surface area (Å²) < 4.78 is 13.0. The van der Waals surface area contributed by atoms with Gasteiger partial charge in [0.15, 0.2) is 5.69 Å². The van der Waals surface area contributed by atoms with E-state index in [4.69, 9.17) is 9.47 Å². The van der Waals surface area contributed by atoms with Crippen LogP contribution in [0.5, 0.6) is 0 Å². The molecule has 1 fully saturated rings. The molecule has 5 heterocycles. The van der Waals surface area contributed by atoms with Crippen LogP contribution in [0, 0.1) is 0 Å². The lowest BCUT2D eigenvalue weighted by atomic mass is 10.1. The molecule has 0 aliphatic carbocycles. The maximum atomic E-state index is 13.7. The third kappa shape index (κ3) is 7.80. The van der Waals surface area contributed by atoms with E-state index >= 15 is 0 Å². The lowest BCUT2D eigenvalue weighted by molar-refractivity contribution is -0.123. The van der Waals surface area contributed by atoms with Gasteiger partial charge in [-0.3, -0.25) is 24.0 Å². The van der Waals surface area contributed by atoms with Gasteiger partial charge in [0, 0.05) is 55.4 Å². The Kier molecular flexibility index (Phi) is 9.88. The van der Waals surface area contributed by atoms with Gasteiger partial charge in [-0.25, -0.2) is 4.98 Å². The minimum atomic E-state index is -0.883. The lowest BCUT2D eigenvalue weighted by Crippen LogP contribution is -2.47. The molecule has 3 N–H and O–H groups in total. The highest BCUT2D eigenvalue weighted by atomic mass is 32.1. The maximum Gasteiger partial charge on any atom is 0.275 e. The number of anilines is 1. The second-order valence-electron chi connectivity index (χ2n) is 11.0. The molecule has 4 aromatic rings. The van der Waals surface area contributed by atoms with E-state index in [0.29, 0.717) is 44.2 Å². The fourth-order valence-electron chi connectivity index (χ4n) is 5.30. The summed E-state index contributed by atoms with van der Waals surface area (Å²) in [4.78, 5) is 49.5. The van der Waals surface area contributed by atoms with Crippen LogP contribution in [0.15, 0.2) is 60.2 Å². The average molecular weight is 630 g/mol. The number of fused-ring (bicyclic) bond motifs is 6. The molecule has 13 heteroatoms. The first-order chi connectivity index (χ1) is 22.0. The van der Waals surface area contributed by atoms with Gasteiger partial charge in [-0.1, -0.05) is 30.3 Å². The lowest BCUT2D eigenvalue weighted by Gasteiger charge is -2.22. The molecule has 3 amide bonds. The van der Waals surface area contributed by atoms with Gasteiger partial charge in [0.05, 0.1) is 18.3 Å². The fraction of sp³-hybridized carbons (Fsp3) is 0.375. The van der Waals surface area contributed by atoms with Crippen molar-refractivity contribution in [3.8, 4) is 10.6 Å². The largest absolute Gasteiger partial charge is 0.381 e. The van der Waals surface area contributed by atoms with E-state index in [0.717, 1.165) is 29.7 Å². The summed E-state index contributed by atoms with van der Waals surface area (Å²) in [5, 5.41) is 15.6. The molecule has 6 rings (SSSR count). The predicted molar refractivity (Wildman–Crippen MR) is 168 cm³/mol. The molecule has 3 aromatic heterocycles. The van der Waals surface area contributed by atoms with Gasteiger partial charge >= 0.3 is 0 Å². The number of nitrogens with one attached hydrogen (secondary N) is 3. The summed E-state index contributed by atoms with van der Waals surface area (Å²) >= 11 is 1.36. The first-order valence-electron chi connectivity index (χ1n) is 15.1. The van der Waals surface area contributed by atoms with Crippen LogP contribution in [0.1, 0.15) is 64.0 Å². The van der Waals surface area contributed by atoms with Crippen molar-refractivity contribution in [3.05, 3.63) is 82.9 Å². The second kappa shape index (κ2) is 14.5. The molecule has 12 nitrogen and oxygen atoms in total. The number of pyridine rings is 1. The number of thiazole rings is 1. The van der Waals surface area contributed by atoms with Gasteiger partial charge < -0.3 is 25.4 Å². The summed E-state index contributed by atoms with van der Waals surface area (Å²) in [6.07, 6.45) is 6.38. The summed E-state index contributed by atoms with van der Waals surface area (Å²) in [5.74, 6) is -1.35. The van der Waals surface area contributed by atoms with Gasteiger partial charge in [-0.05, 0) is 49.8 Å². The van der Waals surface area contributed by atoms with Crippen LogP contribution in [0.25, 0.3) is 10.6 Å². The van der Waals surface area contributed by atoms with Crippen molar-refractivity contribution in [1.82, 2.24) is 30.4 Å². The summed E-state index contributed by atoms with van der Waals surface area (Å²) in [7, 11) is 0. The molecule has 45 heavy (non-hydrogen) atoms. The van der Waals surface area contributed by atoms with Crippen molar-refractivity contribution in [2.24, 2.45) is 0 Å². The molecular weight excluding hydrogens is 594 g/mol. The summed E-state index contributed by atoms with van der Waals surface area (Å²) in [6.45, 7) is 2.20. The monoisotopic (exact) mass is 629 g/mol. The Labute approximate surface area is 264 Å².